The van der Waals surface area contributed by atoms with E-state index in [2.05, 4.69) is 15.5 Å². The minimum Gasteiger partial charge on any atom is -0.337 e. The molecule has 0 aliphatic carbocycles. The first kappa shape index (κ1) is 18.3. The van der Waals surface area contributed by atoms with Gasteiger partial charge >= 0.3 is 0 Å². The van der Waals surface area contributed by atoms with Crippen LogP contribution in [-0.2, 0) is 6.42 Å². The lowest BCUT2D eigenvalue weighted by atomic mass is 10.0. The standard InChI is InChI=1S/C19H23FN4O2/c1-12-13(2)18(25)23-22-17(12)11-14-4-5-16(20)15(10-14)19(26)24-8-3-6-21-7-9-24/h4-5,10,21H,3,6-9,11H2,1-2H3,(H,23,25). The molecule has 1 aromatic heterocycles. The Balaban J connectivity index is 1.87. The van der Waals surface area contributed by atoms with Crippen LogP contribution in [-0.4, -0.2) is 47.2 Å². The lowest BCUT2D eigenvalue weighted by Crippen LogP contribution is -2.34. The van der Waals surface area contributed by atoms with E-state index in [1.807, 2.05) is 6.92 Å². The zero-order valence-corrected chi connectivity index (χ0v) is 15.1. The highest BCUT2D eigenvalue weighted by molar-refractivity contribution is 5.94. The molecule has 0 bridgehead atoms. The molecule has 0 unspecified atom stereocenters. The number of aromatic amines is 1. The Labute approximate surface area is 151 Å². The van der Waals surface area contributed by atoms with E-state index in [0.717, 1.165) is 24.1 Å². The Bertz CT molecular complexity index is 870. The maximum Gasteiger partial charge on any atom is 0.267 e. The highest BCUT2D eigenvalue weighted by atomic mass is 19.1. The van der Waals surface area contributed by atoms with E-state index in [0.29, 0.717) is 37.3 Å². The Morgan fingerprint density at radius 2 is 2.04 bits per heavy atom. The fraction of sp³-hybridized carbons (Fsp3) is 0.421. The molecule has 0 atom stereocenters. The molecule has 1 aliphatic heterocycles. The number of benzene rings is 1. The molecule has 1 aliphatic rings. The number of aromatic nitrogens is 2. The van der Waals surface area contributed by atoms with Crippen molar-refractivity contribution in [3.63, 3.8) is 0 Å². The van der Waals surface area contributed by atoms with Crippen molar-refractivity contribution in [2.45, 2.75) is 26.7 Å². The monoisotopic (exact) mass is 358 g/mol. The molecule has 1 saturated heterocycles. The normalized spacial score (nSPS) is 15.0. The molecule has 2 heterocycles. The van der Waals surface area contributed by atoms with Crippen LogP contribution in [0.15, 0.2) is 23.0 Å². The van der Waals surface area contributed by atoms with E-state index in [-0.39, 0.29) is 17.0 Å². The summed E-state index contributed by atoms with van der Waals surface area (Å²) in [7, 11) is 0. The van der Waals surface area contributed by atoms with Crippen LogP contribution in [0.25, 0.3) is 0 Å². The van der Waals surface area contributed by atoms with Gasteiger partial charge in [-0.3, -0.25) is 9.59 Å². The minimum absolute atomic E-state index is 0.0863. The van der Waals surface area contributed by atoms with Crippen molar-refractivity contribution >= 4 is 5.91 Å². The number of amides is 1. The lowest BCUT2D eigenvalue weighted by Gasteiger charge is -2.20. The van der Waals surface area contributed by atoms with Crippen molar-refractivity contribution in [3.05, 3.63) is 62.3 Å². The summed E-state index contributed by atoms with van der Waals surface area (Å²) in [6.45, 7) is 6.35. The van der Waals surface area contributed by atoms with E-state index in [9.17, 15) is 14.0 Å². The summed E-state index contributed by atoms with van der Waals surface area (Å²) in [4.78, 5) is 26.0. The first-order valence-corrected chi connectivity index (χ1v) is 8.80. The predicted octanol–water partition coefficient (Wildman–Crippen LogP) is 1.55. The van der Waals surface area contributed by atoms with Gasteiger partial charge in [0.05, 0.1) is 11.3 Å². The molecule has 1 fully saturated rings. The first-order chi connectivity index (χ1) is 12.5. The molecule has 2 aromatic rings. The van der Waals surface area contributed by atoms with Crippen LogP contribution < -0.4 is 10.9 Å². The lowest BCUT2D eigenvalue weighted by molar-refractivity contribution is 0.0761. The molecule has 3 rings (SSSR count). The Morgan fingerprint density at radius 1 is 1.23 bits per heavy atom. The number of halogens is 1. The molecule has 1 aromatic carbocycles. The van der Waals surface area contributed by atoms with E-state index in [4.69, 9.17) is 0 Å². The first-order valence-electron chi connectivity index (χ1n) is 8.80. The Hall–Kier alpha value is -2.54. The summed E-state index contributed by atoms with van der Waals surface area (Å²) >= 11 is 0. The maximum atomic E-state index is 14.3. The smallest absolute Gasteiger partial charge is 0.267 e. The van der Waals surface area contributed by atoms with Crippen molar-refractivity contribution in [2.75, 3.05) is 26.2 Å². The van der Waals surface area contributed by atoms with Crippen molar-refractivity contribution in [3.8, 4) is 0 Å². The van der Waals surface area contributed by atoms with Crippen molar-refractivity contribution < 1.29 is 9.18 Å². The van der Waals surface area contributed by atoms with E-state index >= 15 is 0 Å². The second-order valence-corrected chi connectivity index (χ2v) is 6.64. The molecule has 0 saturated carbocycles. The van der Waals surface area contributed by atoms with Gasteiger partial charge in [0.25, 0.3) is 11.5 Å². The second kappa shape index (κ2) is 7.78. The third-order valence-corrected chi connectivity index (χ3v) is 4.89. The van der Waals surface area contributed by atoms with Crippen LogP contribution in [0, 0.1) is 19.7 Å². The minimum atomic E-state index is -0.515. The van der Waals surface area contributed by atoms with Gasteiger partial charge in [0.15, 0.2) is 0 Å². The third kappa shape index (κ3) is 3.83. The van der Waals surface area contributed by atoms with Gasteiger partial charge in [0, 0.05) is 31.6 Å². The molecule has 138 valence electrons. The highest BCUT2D eigenvalue weighted by Crippen LogP contribution is 2.18. The zero-order chi connectivity index (χ0) is 18.7. The van der Waals surface area contributed by atoms with Gasteiger partial charge in [-0.05, 0) is 50.1 Å². The summed E-state index contributed by atoms with van der Waals surface area (Å²) in [5.41, 5.74) is 2.80. The molecule has 2 N–H and O–H groups in total. The number of hydrogen-bond acceptors (Lipinski definition) is 4. The molecule has 0 spiro atoms. The molecular formula is C19H23FN4O2. The van der Waals surface area contributed by atoms with Crippen LogP contribution in [0.5, 0.6) is 0 Å². The van der Waals surface area contributed by atoms with Crippen LogP contribution in [0.2, 0.25) is 0 Å². The van der Waals surface area contributed by atoms with Gasteiger partial charge in [-0.25, -0.2) is 9.49 Å². The summed E-state index contributed by atoms with van der Waals surface area (Å²) in [6, 6.07) is 4.57. The van der Waals surface area contributed by atoms with Crippen molar-refractivity contribution in [1.29, 1.82) is 0 Å². The zero-order valence-electron chi connectivity index (χ0n) is 15.1. The maximum absolute atomic E-state index is 14.3. The number of carbonyl (C=O) groups is 1. The van der Waals surface area contributed by atoms with Gasteiger partial charge in [-0.1, -0.05) is 6.07 Å². The highest BCUT2D eigenvalue weighted by Gasteiger charge is 2.21. The Kier molecular flexibility index (Phi) is 5.46. The molecule has 1 amide bonds. The van der Waals surface area contributed by atoms with Gasteiger partial charge < -0.3 is 10.2 Å². The number of nitrogens with one attached hydrogen (secondary N) is 2. The van der Waals surface area contributed by atoms with Crippen LogP contribution >= 0.6 is 0 Å². The fourth-order valence-electron chi connectivity index (χ4n) is 3.10. The SMILES string of the molecule is Cc1c(Cc2ccc(F)c(C(=O)N3CCCNCC3)c2)n[nH]c(=O)c1C. The topological polar surface area (TPSA) is 78.1 Å². The number of nitrogens with zero attached hydrogens (tertiary/aromatic N) is 2. The van der Waals surface area contributed by atoms with Gasteiger partial charge in [-0.2, -0.15) is 5.10 Å². The summed E-state index contributed by atoms with van der Waals surface area (Å²) in [6.07, 6.45) is 1.28. The Morgan fingerprint density at radius 3 is 2.85 bits per heavy atom. The number of carbonyl (C=O) groups excluding carboxylic acids is 1. The third-order valence-electron chi connectivity index (χ3n) is 4.89. The molecule has 0 radical (unpaired) electrons. The van der Waals surface area contributed by atoms with Crippen molar-refractivity contribution in [1.82, 2.24) is 20.4 Å². The predicted molar refractivity (Wildman–Crippen MR) is 96.9 cm³/mol. The van der Waals surface area contributed by atoms with E-state index in [1.165, 1.54) is 6.07 Å². The molecule has 7 heteroatoms. The second-order valence-electron chi connectivity index (χ2n) is 6.64. The molecule has 6 nitrogen and oxygen atoms in total. The summed E-state index contributed by atoms with van der Waals surface area (Å²) < 4.78 is 14.3. The van der Waals surface area contributed by atoms with Crippen LogP contribution in [0.4, 0.5) is 4.39 Å². The fourth-order valence-corrected chi connectivity index (χ4v) is 3.10. The van der Waals surface area contributed by atoms with Gasteiger partial charge in [0.2, 0.25) is 0 Å². The number of hydrogen-bond donors (Lipinski definition) is 2. The van der Waals surface area contributed by atoms with Crippen molar-refractivity contribution in [2.24, 2.45) is 0 Å². The summed E-state index contributed by atoms with van der Waals surface area (Å²) in [5, 5.41) is 9.81. The van der Waals surface area contributed by atoms with Gasteiger partial charge in [-0.15, -0.1) is 0 Å². The van der Waals surface area contributed by atoms with Crippen LogP contribution in [0.3, 0.4) is 0 Å². The van der Waals surface area contributed by atoms with Crippen LogP contribution in [0.1, 0.15) is 39.2 Å². The number of rotatable bonds is 3. The quantitative estimate of drug-likeness (QED) is 0.873. The number of H-pyrrole nitrogens is 1. The van der Waals surface area contributed by atoms with E-state index < -0.39 is 5.82 Å². The average Bonchev–Trinajstić information content (AvgIpc) is 2.92. The largest absolute Gasteiger partial charge is 0.337 e. The van der Waals surface area contributed by atoms with Gasteiger partial charge in [0.1, 0.15) is 5.82 Å². The molecule has 26 heavy (non-hydrogen) atoms. The van der Waals surface area contributed by atoms with E-state index in [1.54, 1.807) is 24.0 Å². The summed E-state index contributed by atoms with van der Waals surface area (Å²) in [5.74, 6) is -0.798. The molecular weight excluding hydrogens is 335 g/mol. The average molecular weight is 358 g/mol.